The lowest BCUT2D eigenvalue weighted by Gasteiger charge is -2.09. The molecule has 6 heteroatoms. The van der Waals surface area contributed by atoms with Gasteiger partial charge in [-0.25, -0.2) is 10.2 Å². The lowest BCUT2D eigenvalue weighted by atomic mass is 10.3. The van der Waals surface area contributed by atoms with E-state index < -0.39 is 6.09 Å². The first-order valence-electron chi connectivity index (χ1n) is 6.15. The number of nitrogens with one attached hydrogen (secondary N) is 1. The van der Waals surface area contributed by atoms with Crippen LogP contribution in [0.5, 0.6) is 11.5 Å². The maximum atomic E-state index is 11.1. The van der Waals surface area contributed by atoms with Gasteiger partial charge in [0.1, 0.15) is 11.5 Å². The number of amides is 1. The molecule has 0 bridgehead atoms. The number of nitrogens with zero attached hydrogens (tertiary/aromatic N) is 1. The Morgan fingerprint density at radius 2 is 1.38 bits per heavy atom. The van der Waals surface area contributed by atoms with Crippen LogP contribution >= 0.6 is 0 Å². The normalized spacial score (nSPS) is 9.38. The fourth-order valence-corrected chi connectivity index (χ4v) is 1.38. The van der Waals surface area contributed by atoms with Crippen molar-refractivity contribution in [2.75, 3.05) is 7.11 Å². The van der Waals surface area contributed by atoms with Gasteiger partial charge in [0.15, 0.2) is 0 Å². The maximum Gasteiger partial charge on any atom is 0.427 e. The smallest absolute Gasteiger partial charge is 0.427 e. The van der Waals surface area contributed by atoms with Gasteiger partial charge in [-0.2, -0.15) is 0 Å². The minimum Gasteiger partial charge on any atom is -0.452 e. The van der Waals surface area contributed by atoms with Crippen molar-refractivity contribution in [1.82, 2.24) is 5.43 Å². The first-order chi connectivity index (χ1) is 10.3. The summed E-state index contributed by atoms with van der Waals surface area (Å²) in [7, 11) is 1.24. The number of carbonyl (C=O) groups excluding carboxylic acids is 1. The number of benzene rings is 2. The molecule has 0 saturated carbocycles. The van der Waals surface area contributed by atoms with Crippen molar-refractivity contribution >= 4 is 12.2 Å². The van der Waals surface area contributed by atoms with Crippen LogP contribution in [0.15, 0.2) is 65.8 Å². The van der Waals surface area contributed by atoms with E-state index in [4.69, 9.17) is 9.47 Å². The summed E-state index contributed by atoms with van der Waals surface area (Å²) in [4.78, 5) is 11.1. The average Bonchev–Trinajstić information content (AvgIpc) is 2.54. The molecule has 6 nitrogen and oxygen atoms in total. The Balaban J connectivity index is 2.12. The highest BCUT2D eigenvalue weighted by Crippen LogP contribution is 2.13. The minimum atomic E-state index is -0.721. The van der Waals surface area contributed by atoms with Gasteiger partial charge >= 0.3 is 12.2 Å². The number of para-hydroxylation sites is 2. The van der Waals surface area contributed by atoms with Crippen LogP contribution in [-0.4, -0.2) is 19.3 Å². The molecule has 2 aromatic carbocycles. The zero-order valence-electron chi connectivity index (χ0n) is 11.4. The van der Waals surface area contributed by atoms with Crippen molar-refractivity contribution in [2.45, 2.75) is 0 Å². The number of carbonyl (C=O) groups is 1. The van der Waals surface area contributed by atoms with E-state index in [1.807, 2.05) is 36.4 Å². The summed E-state index contributed by atoms with van der Waals surface area (Å²) in [6.07, 6.45) is -0.848. The maximum absolute atomic E-state index is 11.1. The highest BCUT2D eigenvalue weighted by molar-refractivity contribution is 5.75. The first-order valence-corrected chi connectivity index (χ1v) is 6.15. The standard InChI is InChI=1S/C15H14N2O4/c1-19-14(18)16-17-15(20-12-8-4-2-5-9-12)21-13-10-6-3-7-11-13/h2-11H,1H3,(H,16,18). The van der Waals surface area contributed by atoms with E-state index in [-0.39, 0.29) is 6.08 Å². The van der Waals surface area contributed by atoms with Gasteiger partial charge in [0.25, 0.3) is 0 Å². The third-order valence-corrected chi connectivity index (χ3v) is 2.32. The van der Waals surface area contributed by atoms with Crippen LogP contribution in [0.1, 0.15) is 0 Å². The van der Waals surface area contributed by atoms with Crippen molar-refractivity contribution in [3.8, 4) is 11.5 Å². The van der Waals surface area contributed by atoms with Crippen molar-refractivity contribution in [2.24, 2.45) is 5.10 Å². The molecule has 0 heterocycles. The molecule has 0 radical (unpaired) electrons. The third-order valence-electron chi connectivity index (χ3n) is 2.32. The number of rotatable bonds is 3. The zero-order chi connectivity index (χ0) is 14.9. The van der Waals surface area contributed by atoms with Gasteiger partial charge < -0.3 is 14.2 Å². The highest BCUT2D eigenvalue weighted by atomic mass is 16.7. The highest BCUT2D eigenvalue weighted by Gasteiger charge is 2.08. The second-order valence-electron chi connectivity index (χ2n) is 3.81. The molecular formula is C15H14N2O4. The molecule has 0 spiro atoms. The quantitative estimate of drug-likeness (QED) is 0.535. The number of hydrogen-bond acceptors (Lipinski definition) is 5. The topological polar surface area (TPSA) is 69.2 Å². The predicted octanol–water partition coefficient (Wildman–Crippen LogP) is 2.77. The molecule has 0 aliphatic rings. The van der Waals surface area contributed by atoms with Gasteiger partial charge in [-0.15, -0.1) is 0 Å². The minimum absolute atomic E-state index is 0.127. The largest absolute Gasteiger partial charge is 0.452 e. The van der Waals surface area contributed by atoms with Gasteiger partial charge in [0.05, 0.1) is 7.11 Å². The summed E-state index contributed by atoms with van der Waals surface area (Å²) in [6, 6.07) is 17.9. The third kappa shape index (κ3) is 4.87. The SMILES string of the molecule is COC(=O)NN=C(Oc1ccccc1)Oc1ccccc1. The van der Waals surface area contributed by atoms with Gasteiger partial charge in [-0.3, -0.25) is 0 Å². The number of ether oxygens (including phenoxy) is 3. The molecular weight excluding hydrogens is 272 g/mol. The molecule has 0 fully saturated rings. The van der Waals surface area contributed by atoms with Crippen molar-refractivity contribution < 1.29 is 19.0 Å². The van der Waals surface area contributed by atoms with Crippen LogP contribution in [0.4, 0.5) is 4.79 Å². The number of hydrogen-bond donors (Lipinski definition) is 1. The summed E-state index contributed by atoms with van der Waals surface area (Å²) in [5, 5.41) is 3.73. The molecule has 0 saturated heterocycles. The van der Waals surface area contributed by atoms with E-state index in [1.54, 1.807) is 24.3 Å². The summed E-state index contributed by atoms with van der Waals surface area (Å²) in [6.45, 7) is 0. The molecule has 0 atom stereocenters. The first kappa shape index (κ1) is 14.4. The van der Waals surface area contributed by atoms with Crippen molar-refractivity contribution in [1.29, 1.82) is 0 Å². The van der Waals surface area contributed by atoms with Crippen LogP contribution in [0.2, 0.25) is 0 Å². The molecule has 2 rings (SSSR count). The Morgan fingerprint density at radius 1 is 0.905 bits per heavy atom. The second-order valence-corrected chi connectivity index (χ2v) is 3.81. The molecule has 0 unspecified atom stereocenters. The second kappa shape index (κ2) is 7.54. The van der Waals surface area contributed by atoms with E-state index in [0.29, 0.717) is 11.5 Å². The molecule has 1 N–H and O–H groups in total. The van der Waals surface area contributed by atoms with Crippen LogP contribution in [-0.2, 0) is 4.74 Å². The number of methoxy groups -OCH3 is 1. The Labute approximate surface area is 122 Å². The molecule has 0 aliphatic heterocycles. The molecule has 2 aromatic rings. The van der Waals surface area contributed by atoms with Crippen LogP contribution < -0.4 is 14.9 Å². The van der Waals surface area contributed by atoms with Crippen LogP contribution in [0, 0.1) is 0 Å². The van der Waals surface area contributed by atoms with Gasteiger partial charge in [-0.05, 0) is 24.3 Å². The summed E-state index contributed by atoms with van der Waals surface area (Å²) in [5.41, 5.74) is 2.15. The zero-order valence-corrected chi connectivity index (χ0v) is 11.4. The fourth-order valence-electron chi connectivity index (χ4n) is 1.38. The van der Waals surface area contributed by atoms with E-state index in [9.17, 15) is 4.79 Å². The molecule has 1 amide bonds. The molecule has 21 heavy (non-hydrogen) atoms. The van der Waals surface area contributed by atoms with Crippen LogP contribution in [0.25, 0.3) is 0 Å². The monoisotopic (exact) mass is 286 g/mol. The predicted molar refractivity (Wildman–Crippen MR) is 77.1 cm³/mol. The molecule has 0 aliphatic carbocycles. The Bertz CT molecular complexity index is 556. The van der Waals surface area contributed by atoms with Crippen LogP contribution in [0.3, 0.4) is 0 Å². The van der Waals surface area contributed by atoms with E-state index >= 15 is 0 Å². The van der Waals surface area contributed by atoms with E-state index in [2.05, 4.69) is 15.3 Å². The lowest BCUT2D eigenvalue weighted by molar-refractivity contribution is 0.170. The lowest BCUT2D eigenvalue weighted by Crippen LogP contribution is -2.25. The average molecular weight is 286 g/mol. The number of hydrazone groups is 1. The summed E-state index contributed by atoms with van der Waals surface area (Å²) in [5.74, 6) is 1.05. The fraction of sp³-hybridized carbons (Fsp3) is 0.0667. The Hall–Kier alpha value is -3.02. The Kier molecular flexibility index (Phi) is 5.17. The van der Waals surface area contributed by atoms with E-state index in [0.717, 1.165) is 0 Å². The van der Waals surface area contributed by atoms with Gasteiger partial charge in [-0.1, -0.05) is 41.5 Å². The molecule has 108 valence electrons. The van der Waals surface area contributed by atoms with E-state index in [1.165, 1.54) is 7.11 Å². The van der Waals surface area contributed by atoms with Gasteiger partial charge in [0.2, 0.25) is 0 Å². The van der Waals surface area contributed by atoms with Crippen molar-refractivity contribution in [3.63, 3.8) is 0 Å². The summed E-state index contributed by atoms with van der Waals surface area (Å²) >= 11 is 0. The van der Waals surface area contributed by atoms with Crippen molar-refractivity contribution in [3.05, 3.63) is 60.7 Å². The summed E-state index contributed by atoms with van der Waals surface area (Å²) < 4.78 is 15.4. The van der Waals surface area contributed by atoms with Gasteiger partial charge in [0, 0.05) is 0 Å². The molecule has 0 aromatic heterocycles. The Morgan fingerprint density at radius 3 is 1.81 bits per heavy atom.